The lowest BCUT2D eigenvalue weighted by Gasteiger charge is -2.08. The summed E-state index contributed by atoms with van der Waals surface area (Å²) in [5.41, 5.74) is 6.87. The van der Waals surface area contributed by atoms with E-state index in [1.807, 2.05) is 6.07 Å². The second kappa shape index (κ2) is 4.72. The van der Waals surface area contributed by atoms with Gasteiger partial charge in [-0.25, -0.2) is 4.39 Å². The highest BCUT2D eigenvalue weighted by molar-refractivity contribution is 6.30. The molecule has 5 heteroatoms. The third-order valence-corrected chi connectivity index (χ3v) is 3.09. The first-order valence-electron chi connectivity index (χ1n) is 5.80. The van der Waals surface area contributed by atoms with Crippen molar-refractivity contribution in [1.82, 2.24) is 0 Å². The highest BCUT2D eigenvalue weighted by Gasteiger charge is 2.27. The van der Waals surface area contributed by atoms with E-state index in [2.05, 4.69) is 0 Å². The first kappa shape index (κ1) is 12.3. The normalized spacial score (nSPS) is 16.7. The lowest BCUT2D eigenvalue weighted by Crippen LogP contribution is -2.27. The zero-order valence-electron chi connectivity index (χ0n) is 9.90. The molecule has 2 N–H and O–H groups in total. The third-order valence-electron chi connectivity index (χ3n) is 2.86. The van der Waals surface area contributed by atoms with Gasteiger partial charge >= 0.3 is 0 Å². The first-order chi connectivity index (χ1) is 9.17. The molecule has 3 nitrogen and oxygen atoms in total. The van der Waals surface area contributed by atoms with Crippen LogP contribution in [0.4, 0.5) is 4.39 Å². The lowest BCUT2D eigenvalue weighted by atomic mass is 10.0. The van der Waals surface area contributed by atoms with E-state index < -0.39 is 12.1 Å². The van der Waals surface area contributed by atoms with Crippen LogP contribution in [0.25, 0.3) is 11.1 Å². The Balaban J connectivity index is 2.13. The van der Waals surface area contributed by atoms with Crippen LogP contribution in [0.5, 0.6) is 11.5 Å². The van der Waals surface area contributed by atoms with Gasteiger partial charge in [0.05, 0.1) is 6.54 Å². The summed E-state index contributed by atoms with van der Waals surface area (Å²) < 4.78 is 24.6. The van der Waals surface area contributed by atoms with Crippen molar-refractivity contribution >= 4 is 11.6 Å². The molecule has 19 heavy (non-hydrogen) atoms. The van der Waals surface area contributed by atoms with Gasteiger partial charge in [-0.2, -0.15) is 0 Å². The number of fused-ring (bicyclic) bond motifs is 1. The van der Waals surface area contributed by atoms with E-state index in [-0.39, 0.29) is 6.54 Å². The molecule has 3 rings (SSSR count). The Morgan fingerprint density at radius 2 is 2.05 bits per heavy atom. The number of benzene rings is 2. The standard InChI is InChI=1S/C14H11ClFNO2/c15-9-3-1-2-8(4-9)11-5-10(16)6-12-14(11)19-13(7-17)18-12/h1-6,13H,7,17H2/t13-/m1/s1. The molecule has 1 aliphatic heterocycles. The van der Waals surface area contributed by atoms with Crippen molar-refractivity contribution in [3.63, 3.8) is 0 Å². The zero-order chi connectivity index (χ0) is 13.4. The molecule has 0 saturated carbocycles. The van der Waals surface area contributed by atoms with E-state index in [1.54, 1.807) is 18.2 Å². The van der Waals surface area contributed by atoms with Crippen LogP contribution in [-0.2, 0) is 0 Å². The van der Waals surface area contributed by atoms with E-state index in [9.17, 15) is 4.39 Å². The van der Waals surface area contributed by atoms with Crippen LogP contribution in [-0.4, -0.2) is 12.8 Å². The van der Waals surface area contributed by atoms with Gasteiger partial charge in [-0.15, -0.1) is 0 Å². The molecule has 0 fully saturated rings. The van der Waals surface area contributed by atoms with Crippen molar-refractivity contribution < 1.29 is 13.9 Å². The molecule has 1 heterocycles. The minimum atomic E-state index is -0.574. The highest BCUT2D eigenvalue weighted by Crippen LogP contribution is 2.44. The second-order valence-corrected chi connectivity index (χ2v) is 4.63. The van der Waals surface area contributed by atoms with Crippen LogP contribution >= 0.6 is 11.6 Å². The molecule has 1 aliphatic rings. The maximum atomic E-state index is 13.6. The fourth-order valence-electron chi connectivity index (χ4n) is 2.04. The predicted molar refractivity (Wildman–Crippen MR) is 70.9 cm³/mol. The number of nitrogens with two attached hydrogens (primary N) is 1. The smallest absolute Gasteiger partial charge is 0.253 e. The number of halogens is 2. The molecule has 0 aliphatic carbocycles. The lowest BCUT2D eigenvalue weighted by molar-refractivity contribution is 0.0582. The van der Waals surface area contributed by atoms with Crippen molar-refractivity contribution in [3.8, 4) is 22.6 Å². The summed E-state index contributed by atoms with van der Waals surface area (Å²) in [6.45, 7) is 0.200. The summed E-state index contributed by atoms with van der Waals surface area (Å²) in [5.74, 6) is 0.472. The van der Waals surface area contributed by atoms with Crippen LogP contribution in [0, 0.1) is 5.82 Å². The van der Waals surface area contributed by atoms with Gasteiger partial charge in [-0.1, -0.05) is 23.7 Å². The van der Waals surface area contributed by atoms with Gasteiger partial charge < -0.3 is 15.2 Å². The summed E-state index contributed by atoms with van der Waals surface area (Å²) >= 11 is 5.96. The summed E-state index contributed by atoms with van der Waals surface area (Å²) in [6, 6.07) is 9.82. The topological polar surface area (TPSA) is 44.5 Å². The Labute approximate surface area is 114 Å². The van der Waals surface area contributed by atoms with Crippen LogP contribution in [0.2, 0.25) is 5.02 Å². The fraction of sp³-hybridized carbons (Fsp3) is 0.143. The van der Waals surface area contributed by atoms with Gasteiger partial charge in [0.15, 0.2) is 11.5 Å². The van der Waals surface area contributed by atoms with E-state index in [0.717, 1.165) is 5.56 Å². The Kier molecular flexibility index (Phi) is 3.05. The van der Waals surface area contributed by atoms with Gasteiger partial charge in [0.1, 0.15) is 5.82 Å². The zero-order valence-corrected chi connectivity index (χ0v) is 10.7. The molecule has 2 aromatic carbocycles. The van der Waals surface area contributed by atoms with Crippen molar-refractivity contribution in [2.24, 2.45) is 5.73 Å². The SMILES string of the molecule is NC[C@@H]1Oc2cc(F)cc(-c3cccc(Cl)c3)c2O1. The largest absolute Gasteiger partial charge is 0.449 e. The van der Waals surface area contributed by atoms with Gasteiger partial charge in [0.2, 0.25) is 0 Å². The average Bonchev–Trinajstić information content (AvgIpc) is 2.80. The summed E-state index contributed by atoms with van der Waals surface area (Å²) in [5, 5.41) is 0.574. The van der Waals surface area contributed by atoms with E-state index in [1.165, 1.54) is 12.1 Å². The number of ether oxygens (including phenoxy) is 2. The molecule has 0 unspecified atom stereocenters. The monoisotopic (exact) mass is 279 g/mol. The molecule has 0 saturated heterocycles. The molecule has 2 aromatic rings. The summed E-state index contributed by atoms with van der Waals surface area (Å²) in [7, 11) is 0. The van der Waals surface area contributed by atoms with Crippen LogP contribution in [0.1, 0.15) is 0 Å². The Morgan fingerprint density at radius 3 is 2.79 bits per heavy atom. The molecule has 1 atom stereocenters. The molecule has 0 amide bonds. The van der Waals surface area contributed by atoms with Gasteiger partial charge in [0.25, 0.3) is 6.29 Å². The highest BCUT2D eigenvalue weighted by atomic mass is 35.5. The predicted octanol–water partition coefficient (Wildman–Crippen LogP) is 3.20. The summed E-state index contributed by atoms with van der Waals surface area (Å²) in [4.78, 5) is 0. The van der Waals surface area contributed by atoms with Crippen molar-refractivity contribution in [3.05, 3.63) is 47.2 Å². The van der Waals surface area contributed by atoms with Crippen molar-refractivity contribution in [1.29, 1.82) is 0 Å². The minimum Gasteiger partial charge on any atom is -0.449 e. The van der Waals surface area contributed by atoms with E-state index in [0.29, 0.717) is 22.1 Å². The maximum Gasteiger partial charge on any atom is 0.253 e. The Morgan fingerprint density at radius 1 is 1.21 bits per heavy atom. The van der Waals surface area contributed by atoms with Gasteiger partial charge in [0, 0.05) is 16.7 Å². The molecular weight excluding hydrogens is 269 g/mol. The molecule has 0 aromatic heterocycles. The van der Waals surface area contributed by atoms with Crippen molar-refractivity contribution in [2.45, 2.75) is 6.29 Å². The molecule has 0 radical (unpaired) electrons. The molecule has 0 bridgehead atoms. The number of hydrogen-bond donors (Lipinski definition) is 1. The van der Waals surface area contributed by atoms with E-state index in [4.69, 9.17) is 26.8 Å². The number of rotatable bonds is 2. The Bertz CT molecular complexity index is 633. The van der Waals surface area contributed by atoms with Crippen molar-refractivity contribution in [2.75, 3.05) is 6.54 Å². The van der Waals surface area contributed by atoms with Crippen LogP contribution in [0.15, 0.2) is 36.4 Å². The second-order valence-electron chi connectivity index (χ2n) is 4.19. The Hall–Kier alpha value is -1.78. The number of hydrogen-bond acceptors (Lipinski definition) is 3. The molecule has 0 spiro atoms. The summed E-state index contributed by atoms with van der Waals surface area (Å²) in [6.07, 6.45) is -0.574. The fourth-order valence-corrected chi connectivity index (χ4v) is 2.23. The average molecular weight is 280 g/mol. The quantitative estimate of drug-likeness (QED) is 0.918. The molecular formula is C14H11ClFNO2. The van der Waals surface area contributed by atoms with Gasteiger partial charge in [-0.3, -0.25) is 0 Å². The minimum absolute atomic E-state index is 0.200. The third kappa shape index (κ3) is 2.25. The molecule has 98 valence electrons. The van der Waals surface area contributed by atoms with Crippen LogP contribution in [0.3, 0.4) is 0 Å². The van der Waals surface area contributed by atoms with E-state index >= 15 is 0 Å². The van der Waals surface area contributed by atoms with Crippen LogP contribution < -0.4 is 15.2 Å². The first-order valence-corrected chi connectivity index (χ1v) is 6.18. The maximum absolute atomic E-state index is 13.6. The van der Waals surface area contributed by atoms with Gasteiger partial charge in [-0.05, 0) is 23.8 Å².